The fourth-order valence-corrected chi connectivity index (χ4v) is 8.53. The summed E-state index contributed by atoms with van der Waals surface area (Å²) in [4.78, 5) is 17.4. The molecule has 1 spiro atoms. The molecule has 0 saturated carbocycles. The highest BCUT2D eigenvalue weighted by Gasteiger charge is 2.48. The topological polar surface area (TPSA) is 132 Å². The first-order chi connectivity index (χ1) is 19.9. The number of thiophene rings is 1. The maximum atomic E-state index is 10.0. The first kappa shape index (κ1) is 26.4. The summed E-state index contributed by atoms with van der Waals surface area (Å²) in [5.74, 6) is 2.21. The van der Waals surface area contributed by atoms with Crippen LogP contribution in [0.15, 0.2) is 23.0 Å². The Bertz CT molecular complexity index is 1670. The molecule has 4 aromatic heterocycles. The van der Waals surface area contributed by atoms with Crippen LogP contribution in [0.25, 0.3) is 17.3 Å². The fraction of sp³-hybridized carbons (Fsp3) is 0.483. The van der Waals surface area contributed by atoms with E-state index in [0.29, 0.717) is 45.1 Å². The van der Waals surface area contributed by atoms with Gasteiger partial charge >= 0.3 is 0 Å². The van der Waals surface area contributed by atoms with Crippen LogP contribution >= 0.6 is 22.9 Å². The number of aryl methyl sites for hydroxylation is 1. The molecule has 0 unspecified atom stereocenters. The highest BCUT2D eigenvalue weighted by molar-refractivity contribution is 7.16. The second-order valence-electron chi connectivity index (χ2n) is 11.3. The van der Waals surface area contributed by atoms with Crippen molar-refractivity contribution >= 4 is 27.9 Å². The van der Waals surface area contributed by atoms with Crippen LogP contribution in [-0.4, -0.2) is 55.3 Å². The normalized spacial score (nSPS) is 22.8. The highest BCUT2D eigenvalue weighted by atomic mass is 35.5. The third-order valence-electron chi connectivity index (χ3n) is 9.03. The largest absolute Gasteiger partial charge is 0.473 e. The number of nitrogens with two attached hydrogens (primary N) is 1. The van der Waals surface area contributed by atoms with Gasteiger partial charge in [-0.2, -0.15) is 10.2 Å². The Morgan fingerprint density at radius 3 is 2.83 bits per heavy atom. The third-order valence-corrected chi connectivity index (χ3v) is 10.4. The van der Waals surface area contributed by atoms with E-state index in [-0.39, 0.29) is 6.10 Å². The lowest BCUT2D eigenvalue weighted by Crippen LogP contribution is -2.38. The zero-order valence-electron chi connectivity index (χ0n) is 23.1. The van der Waals surface area contributed by atoms with Crippen LogP contribution in [0.5, 0.6) is 5.88 Å². The SMILES string of the molecule is C[C@H](Oc1cc(-n2ccnc2Cl)nc(-c2noc3c2CCC[C@@]32CCCc3sc(N)c(C#N)c32)n1)[C@@H]1CCCN1C. The van der Waals surface area contributed by atoms with Gasteiger partial charge in [-0.15, -0.1) is 11.3 Å². The molecule has 5 heterocycles. The number of likely N-dealkylation sites (tertiary alicyclic amines) is 1. The molecule has 2 N–H and O–H groups in total. The van der Waals surface area contributed by atoms with E-state index in [1.807, 2.05) is 0 Å². The van der Waals surface area contributed by atoms with Crippen molar-refractivity contribution in [3.8, 4) is 29.3 Å². The number of ether oxygens (including phenoxy) is 1. The van der Waals surface area contributed by atoms with E-state index in [2.05, 4.69) is 35.1 Å². The second kappa shape index (κ2) is 10.1. The summed E-state index contributed by atoms with van der Waals surface area (Å²) in [6.45, 7) is 3.14. The molecule has 212 valence electrons. The molecular formula is C29H31ClN8O2S. The number of fused-ring (bicyclic) bond motifs is 4. The number of halogens is 1. The summed E-state index contributed by atoms with van der Waals surface area (Å²) in [7, 11) is 2.13. The van der Waals surface area contributed by atoms with Crippen molar-refractivity contribution in [2.24, 2.45) is 0 Å². The van der Waals surface area contributed by atoms with Crippen molar-refractivity contribution in [3.63, 3.8) is 0 Å². The average Bonchev–Trinajstić information content (AvgIpc) is 3.75. The van der Waals surface area contributed by atoms with Gasteiger partial charge in [0.25, 0.3) is 0 Å². The van der Waals surface area contributed by atoms with E-state index in [4.69, 9.17) is 36.6 Å². The maximum absolute atomic E-state index is 10.0. The van der Waals surface area contributed by atoms with Gasteiger partial charge in [0.05, 0.1) is 11.0 Å². The van der Waals surface area contributed by atoms with Crippen LogP contribution in [0.4, 0.5) is 5.00 Å². The fourth-order valence-electron chi connectivity index (χ4n) is 7.17. The Hall–Kier alpha value is -3.46. The Labute approximate surface area is 247 Å². The number of hydrogen-bond acceptors (Lipinski definition) is 10. The van der Waals surface area contributed by atoms with Gasteiger partial charge in [-0.25, -0.2) is 9.97 Å². The van der Waals surface area contributed by atoms with Crippen molar-refractivity contribution in [3.05, 3.63) is 51.1 Å². The minimum absolute atomic E-state index is 0.0695. The van der Waals surface area contributed by atoms with E-state index < -0.39 is 5.41 Å². The second-order valence-corrected chi connectivity index (χ2v) is 12.8. The Kier molecular flexibility index (Phi) is 6.52. The van der Waals surface area contributed by atoms with Crippen LogP contribution in [-0.2, 0) is 18.3 Å². The van der Waals surface area contributed by atoms with Crippen molar-refractivity contribution in [1.82, 2.24) is 29.6 Å². The molecule has 3 aliphatic rings. The van der Waals surface area contributed by atoms with Gasteiger partial charge in [0, 0.05) is 34.9 Å². The van der Waals surface area contributed by atoms with E-state index >= 15 is 0 Å². The summed E-state index contributed by atoms with van der Waals surface area (Å²) in [6.07, 6.45) is 11.0. The number of hydrogen-bond donors (Lipinski definition) is 1. The quantitative estimate of drug-likeness (QED) is 0.328. The number of imidazole rings is 1. The molecule has 0 amide bonds. The van der Waals surface area contributed by atoms with E-state index in [1.165, 1.54) is 16.2 Å². The number of nitrogen functional groups attached to an aromatic ring is 1. The molecule has 1 saturated heterocycles. The third kappa shape index (κ3) is 4.23. The highest BCUT2D eigenvalue weighted by Crippen LogP contribution is 2.55. The van der Waals surface area contributed by atoms with Gasteiger partial charge in [-0.3, -0.25) is 9.47 Å². The van der Waals surface area contributed by atoms with Gasteiger partial charge < -0.3 is 15.0 Å². The standard InChI is InChI=1S/C29H31ClN8O2S/c1-16(19-7-5-12-37(19)2)39-22-14-21(38-13-11-33-28(38)30)34-27(35-22)24-17-6-3-9-29(25(17)40-36-24)10-4-8-20-23(29)18(15-31)26(32)41-20/h11,13-14,16,19H,3-10,12,32H2,1-2H3/t16-,19-,29-/m0/s1. The number of rotatable bonds is 5. The smallest absolute Gasteiger partial charge is 0.219 e. The van der Waals surface area contributed by atoms with E-state index in [0.717, 1.165) is 74.8 Å². The predicted octanol–water partition coefficient (Wildman–Crippen LogP) is 5.31. The number of nitriles is 1. The number of nitrogens with zero attached hydrogens (tertiary/aromatic N) is 7. The first-order valence-corrected chi connectivity index (χ1v) is 15.4. The summed E-state index contributed by atoms with van der Waals surface area (Å²) >= 11 is 7.93. The Morgan fingerprint density at radius 1 is 1.27 bits per heavy atom. The molecule has 0 radical (unpaired) electrons. The van der Waals surface area contributed by atoms with Crippen molar-refractivity contribution < 1.29 is 9.26 Å². The van der Waals surface area contributed by atoms with Gasteiger partial charge in [0.1, 0.15) is 23.0 Å². The molecule has 4 aromatic rings. The average molecular weight is 591 g/mol. The van der Waals surface area contributed by atoms with E-state index in [1.54, 1.807) is 23.0 Å². The molecule has 3 atom stereocenters. The maximum Gasteiger partial charge on any atom is 0.219 e. The van der Waals surface area contributed by atoms with Gasteiger partial charge in [-0.05, 0) is 89.0 Å². The molecule has 0 bridgehead atoms. The van der Waals surface area contributed by atoms with Crippen molar-refractivity contribution in [1.29, 1.82) is 5.26 Å². The van der Waals surface area contributed by atoms with Crippen LogP contribution in [0.2, 0.25) is 5.28 Å². The van der Waals surface area contributed by atoms with Crippen LogP contribution in [0.3, 0.4) is 0 Å². The molecule has 12 heteroatoms. The van der Waals surface area contributed by atoms with Crippen LogP contribution in [0.1, 0.15) is 72.8 Å². The zero-order valence-corrected chi connectivity index (χ0v) is 24.6. The molecule has 10 nitrogen and oxygen atoms in total. The van der Waals surface area contributed by atoms with Crippen molar-refractivity contribution in [2.75, 3.05) is 19.3 Å². The number of aromatic nitrogens is 5. The Balaban J connectivity index is 1.34. The molecule has 1 fully saturated rings. The Morgan fingerprint density at radius 2 is 2.10 bits per heavy atom. The molecule has 2 aliphatic carbocycles. The van der Waals surface area contributed by atoms with Crippen LogP contribution < -0.4 is 10.5 Å². The van der Waals surface area contributed by atoms with Gasteiger partial charge in [0.2, 0.25) is 11.2 Å². The number of anilines is 1. The minimum atomic E-state index is -0.419. The molecule has 41 heavy (non-hydrogen) atoms. The zero-order chi connectivity index (χ0) is 28.3. The summed E-state index contributed by atoms with van der Waals surface area (Å²) in [5.41, 5.74) is 9.11. The molecule has 1 aliphatic heterocycles. The molecular weight excluding hydrogens is 560 g/mol. The first-order valence-electron chi connectivity index (χ1n) is 14.2. The van der Waals surface area contributed by atoms with Crippen molar-refractivity contribution in [2.45, 2.75) is 75.9 Å². The predicted molar refractivity (Wildman–Crippen MR) is 156 cm³/mol. The summed E-state index contributed by atoms with van der Waals surface area (Å²) < 4.78 is 14.3. The van der Waals surface area contributed by atoms with Gasteiger partial charge in [0.15, 0.2) is 17.3 Å². The number of likely N-dealkylation sites (N-methyl/N-ethyl adjacent to an activating group) is 1. The van der Waals surface area contributed by atoms with Crippen LogP contribution in [0, 0.1) is 11.3 Å². The van der Waals surface area contributed by atoms with Gasteiger partial charge in [-0.1, -0.05) is 5.16 Å². The monoisotopic (exact) mass is 590 g/mol. The lowest BCUT2D eigenvalue weighted by Gasteiger charge is -2.39. The summed E-state index contributed by atoms with van der Waals surface area (Å²) in [5, 5.41) is 15.5. The molecule has 0 aromatic carbocycles. The molecule has 7 rings (SSSR count). The lowest BCUT2D eigenvalue weighted by atomic mass is 9.63. The summed E-state index contributed by atoms with van der Waals surface area (Å²) in [6, 6.07) is 4.48. The van der Waals surface area contributed by atoms with E-state index in [9.17, 15) is 5.26 Å². The minimum Gasteiger partial charge on any atom is -0.473 e. The lowest BCUT2D eigenvalue weighted by molar-refractivity contribution is 0.117.